The van der Waals surface area contributed by atoms with E-state index in [4.69, 9.17) is 0 Å². The number of nitrogens with zero attached hydrogens (tertiary/aromatic N) is 1. The molecule has 0 fully saturated rings. The van der Waals surface area contributed by atoms with Gasteiger partial charge >= 0.3 is 0 Å². The van der Waals surface area contributed by atoms with Crippen LogP contribution >= 0.6 is 0 Å². The van der Waals surface area contributed by atoms with Crippen molar-refractivity contribution in [3.63, 3.8) is 0 Å². The summed E-state index contributed by atoms with van der Waals surface area (Å²) in [5, 5.41) is 0. The van der Waals surface area contributed by atoms with Crippen molar-refractivity contribution in [3.8, 4) is 0 Å². The highest BCUT2D eigenvalue weighted by atomic mass is 14.7. The van der Waals surface area contributed by atoms with Gasteiger partial charge in [-0.1, -0.05) is 32.3 Å². The minimum Gasteiger partial charge on any atom is -0.290 e. The van der Waals surface area contributed by atoms with Gasteiger partial charge in [0.25, 0.3) is 0 Å². The van der Waals surface area contributed by atoms with Crippen LogP contribution in [0.5, 0.6) is 0 Å². The van der Waals surface area contributed by atoms with E-state index in [0.29, 0.717) is 0 Å². The van der Waals surface area contributed by atoms with Crippen LogP contribution in [0.3, 0.4) is 0 Å². The summed E-state index contributed by atoms with van der Waals surface area (Å²) in [4.78, 5) is 4.50. The Hall–Kier alpha value is -0.590. The van der Waals surface area contributed by atoms with E-state index in [1.165, 1.54) is 44.2 Å². The van der Waals surface area contributed by atoms with E-state index in [-0.39, 0.29) is 0 Å². The smallest absolute Gasteiger partial charge is 0.0392 e. The number of hydrogen-bond acceptors (Lipinski definition) is 1. The van der Waals surface area contributed by atoms with Crippen LogP contribution in [0.15, 0.2) is 17.6 Å². The van der Waals surface area contributed by atoms with Crippen molar-refractivity contribution in [3.05, 3.63) is 12.7 Å². The molecule has 0 aliphatic carbocycles. The molecule has 0 N–H and O–H groups in total. The van der Waals surface area contributed by atoms with Crippen LogP contribution in [0.4, 0.5) is 0 Å². The summed E-state index contributed by atoms with van der Waals surface area (Å²) in [6.45, 7) is 4.80. The lowest BCUT2D eigenvalue weighted by Gasteiger charge is -2.05. The van der Waals surface area contributed by atoms with Crippen LogP contribution < -0.4 is 0 Å². The van der Waals surface area contributed by atoms with E-state index in [2.05, 4.69) is 11.6 Å². The summed E-state index contributed by atoms with van der Waals surface area (Å²) in [5.74, 6) is 0. The van der Waals surface area contributed by atoms with Gasteiger partial charge in [-0.2, -0.15) is 0 Å². The van der Waals surface area contributed by atoms with E-state index in [1.807, 2.05) is 6.08 Å². The molecule has 1 heteroatoms. The molecule has 1 aliphatic heterocycles. The lowest BCUT2D eigenvalue weighted by Crippen LogP contribution is -1.97. The quantitative estimate of drug-likeness (QED) is 0.565. The van der Waals surface area contributed by atoms with E-state index >= 15 is 0 Å². The fraction of sp³-hybridized carbons (Fsp3) is 0.727. The highest BCUT2D eigenvalue weighted by Crippen LogP contribution is 2.10. The largest absolute Gasteiger partial charge is 0.290 e. The molecule has 0 unspecified atom stereocenters. The third-order valence-electron chi connectivity index (χ3n) is 2.39. The van der Waals surface area contributed by atoms with Crippen molar-refractivity contribution in [2.45, 2.75) is 44.9 Å². The number of allylic oxidation sites excluding steroid dienone is 1. The first-order valence-electron chi connectivity index (χ1n) is 5.09. The molecule has 0 amide bonds. The number of rotatable bonds is 1. The number of aliphatic imine (C=N–C) groups is 1. The molecule has 0 radical (unpaired) electrons. The van der Waals surface area contributed by atoms with Gasteiger partial charge in [0.2, 0.25) is 0 Å². The van der Waals surface area contributed by atoms with Crippen LogP contribution in [-0.2, 0) is 0 Å². The van der Waals surface area contributed by atoms with Gasteiger partial charge in [-0.15, -0.1) is 0 Å². The van der Waals surface area contributed by atoms with Crippen molar-refractivity contribution < 1.29 is 0 Å². The lowest BCUT2D eigenvalue weighted by atomic mass is 10.1. The minimum atomic E-state index is 1.02. The van der Waals surface area contributed by atoms with Gasteiger partial charge in [0, 0.05) is 12.3 Å². The van der Waals surface area contributed by atoms with Gasteiger partial charge < -0.3 is 0 Å². The molecule has 0 bridgehead atoms. The second-order valence-corrected chi connectivity index (χ2v) is 3.45. The second-order valence-electron chi connectivity index (χ2n) is 3.45. The van der Waals surface area contributed by atoms with Gasteiger partial charge in [0.05, 0.1) is 0 Å². The Bertz CT molecular complexity index is 158. The van der Waals surface area contributed by atoms with Crippen LogP contribution in [-0.4, -0.2) is 12.3 Å². The van der Waals surface area contributed by atoms with Gasteiger partial charge in [-0.3, -0.25) is 4.99 Å². The summed E-state index contributed by atoms with van der Waals surface area (Å²) < 4.78 is 0. The maximum absolute atomic E-state index is 4.50. The van der Waals surface area contributed by atoms with E-state index in [1.54, 1.807) is 0 Å². The molecular formula is C11H19N. The van der Waals surface area contributed by atoms with Crippen molar-refractivity contribution in [2.75, 3.05) is 6.54 Å². The Kier molecular flexibility index (Phi) is 4.74. The van der Waals surface area contributed by atoms with Crippen LogP contribution in [0.25, 0.3) is 0 Å². The Balaban J connectivity index is 2.37. The molecule has 1 nitrogen and oxygen atoms in total. The molecule has 1 rings (SSSR count). The summed E-state index contributed by atoms with van der Waals surface area (Å²) >= 11 is 0. The average Bonchev–Trinajstić information content (AvgIpc) is 2.14. The van der Waals surface area contributed by atoms with Crippen molar-refractivity contribution >= 4 is 5.71 Å². The maximum Gasteiger partial charge on any atom is 0.0392 e. The van der Waals surface area contributed by atoms with E-state index in [9.17, 15) is 0 Å². The van der Waals surface area contributed by atoms with Crippen molar-refractivity contribution in [1.29, 1.82) is 0 Å². The van der Waals surface area contributed by atoms with E-state index < -0.39 is 0 Å². The predicted molar refractivity (Wildman–Crippen MR) is 54.8 cm³/mol. The fourth-order valence-corrected chi connectivity index (χ4v) is 1.59. The topological polar surface area (TPSA) is 12.4 Å². The molecule has 0 aromatic rings. The zero-order chi connectivity index (χ0) is 8.65. The molecule has 12 heavy (non-hydrogen) atoms. The standard InChI is InChI=1S/C11H19N/c1-2-11-9-7-5-3-4-6-8-10-12-11/h2H,1,3-10H2. The molecule has 0 aromatic heterocycles. The highest BCUT2D eigenvalue weighted by molar-refractivity contribution is 5.94. The number of hydrogen-bond donors (Lipinski definition) is 0. The molecule has 0 saturated carbocycles. The van der Waals surface area contributed by atoms with Crippen LogP contribution in [0.2, 0.25) is 0 Å². The zero-order valence-electron chi connectivity index (χ0n) is 7.89. The Morgan fingerprint density at radius 2 is 1.67 bits per heavy atom. The first kappa shape index (κ1) is 9.50. The average molecular weight is 165 g/mol. The highest BCUT2D eigenvalue weighted by Gasteiger charge is 1.98. The maximum atomic E-state index is 4.50. The second kappa shape index (κ2) is 5.99. The molecule has 1 aliphatic rings. The molecule has 0 atom stereocenters. The van der Waals surface area contributed by atoms with Gasteiger partial charge in [0.1, 0.15) is 0 Å². The van der Waals surface area contributed by atoms with Crippen molar-refractivity contribution in [2.24, 2.45) is 4.99 Å². The Morgan fingerprint density at radius 1 is 1.00 bits per heavy atom. The van der Waals surface area contributed by atoms with Gasteiger partial charge in [0.15, 0.2) is 0 Å². The Morgan fingerprint density at radius 3 is 2.42 bits per heavy atom. The first-order valence-corrected chi connectivity index (χ1v) is 5.09. The van der Waals surface area contributed by atoms with E-state index in [0.717, 1.165) is 13.0 Å². The summed E-state index contributed by atoms with van der Waals surface area (Å²) in [5.41, 5.74) is 1.22. The monoisotopic (exact) mass is 165 g/mol. The molecule has 0 saturated heterocycles. The molecule has 0 spiro atoms. The van der Waals surface area contributed by atoms with Gasteiger partial charge in [-0.05, 0) is 25.3 Å². The van der Waals surface area contributed by atoms with Gasteiger partial charge in [-0.25, -0.2) is 0 Å². The normalized spacial score (nSPS) is 21.2. The third-order valence-corrected chi connectivity index (χ3v) is 2.39. The first-order chi connectivity index (χ1) is 5.93. The summed E-state index contributed by atoms with van der Waals surface area (Å²) in [6, 6.07) is 0. The minimum absolute atomic E-state index is 1.02. The molecular weight excluding hydrogens is 146 g/mol. The van der Waals surface area contributed by atoms with Crippen LogP contribution in [0.1, 0.15) is 44.9 Å². The lowest BCUT2D eigenvalue weighted by molar-refractivity contribution is 0.597. The molecule has 0 aromatic carbocycles. The fourth-order valence-electron chi connectivity index (χ4n) is 1.59. The molecule has 68 valence electrons. The zero-order valence-corrected chi connectivity index (χ0v) is 7.89. The SMILES string of the molecule is C=CC1=NCCCCCCCC1. The van der Waals surface area contributed by atoms with Crippen molar-refractivity contribution in [1.82, 2.24) is 0 Å². The summed E-state index contributed by atoms with van der Waals surface area (Å²) in [6.07, 6.45) is 11.2. The predicted octanol–water partition coefficient (Wildman–Crippen LogP) is 3.36. The molecule has 1 heterocycles. The Labute approximate surface area is 75.6 Å². The summed E-state index contributed by atoms with van der Waals surface area (Å²) in [7, 11) is 0. The third kappa shape index (κ3) is 3.70. The van der Waals surface area contributed by atoms with Crippen LogP contribution in [0, 0.1) is 0 Å².